The maximum absolute atomic E-state index is 14.4. The second-order valence-electron chi connectivity index (χ2n) is 5.17. The molecular weight excluding hydrogens is 345 g/mol. The van der Waals surface area contributed by atoms with Crippen LogP contribution in [0.5, 0.6) is 0 Å². The Morgan fingerprint density at radius 1 is 1.00 bits per heavy atom. The molecule has 25 heavy (non-hydrogen) atoms. The summed E-state index contributed by atoms with van der Waals surface area (Å²) >= 11 is 0. The number of aromatic nitrogens is 2. The number of benzene rings is 1. The lowest BCUT2D eigenvalue weighted by Gasteiger charge is -2.13. The number of pyridine rings is 2. The summed E-state index contributed by atoms with van der Waals surface area (Å²) in [6.45, 7) is 0. The van der Waals surface area contributed by atoms with Gasteiger partial charge >= 0.3 is 0 Å². The highest BCUT2D eigenvalue weighted by Crippen LogP contribution is 2.34. The molecule has 0 amide bonds. The summed E-state index contributed by atoms with van der Waals surface area (Å²) in [6.07, 6.45) is 4.87. The number of aldehydes is 1. The van der Waals surface area contributed by atoms with Crippen molar-refractivity contribution < 1.29 is 17.6 Å². The molecule has 0 aliphatic rings. The summed E-state index contributed by atoms with van der Waals surface area (Å²) in [5.74, 6) is -0.770. The molecule has 3 aromatic rings. The lowest BCUT2D eigenvalue weighted by atomic mass is 10.0. The molecular formula is C17H12FN3O3S. The van der Waals surface area contributed by atoms with Crippen LogP contribution in [0, 0.1) is 5.82 Å². The van der Waals surface area contributed by atoms with Crippen LogP contribution in [0.1, 0.15) is 10.4 Å². The Labute approximate surface area is 143 Å². The van der Waals surface area contributed by atoms with Crippen LogP contribution in [0.15, 0.2) is 59.9 Å². The molecule has 0 spiro atoms. The molecule has 2 aromatic heterocycles. The fourth-order valence-electron chi connectivity index (χ4n) is 2.48. The van der Waals surface area contributed by atoms with Crippen LogP contribution in [-0.2, 0) is 10.0 Å². The van der Waals surface area contributed by atoms with Gasteiger partial charge in [0.15, 0.2) is 0 Å². The molecule has 0 saturated carbocycles. The Balaban J connectivity index is 2.34. The highest BCUT2D eigenvalue weighted by Gasteiger charge is 2.24. The fourth-order valence-corrected chi connectivity index (χ4v) is 3.41. The van der Waals surface area contributed by atoms with Gasteiger partial charge in [-0.3, -0.25) is 14.8 Å². The van der Waals surface area contributed by atoms with Gasteiger partial charge in [0.25, 0.3) is 0 Å². The minimum Gasteiger partial charge on any atom is -0.298 e. The van der Waals surface area contributed by atoms with Gasteiger partial charge in [0.2, 0.25) is 10.0 Å². The quantitative estimate of drug-likeness (QED) is 0.722. The highest BCUT2D eigenvalue weighted by molar-refractivity contribution is 7.89. The zero-order chi connectivity index (χ0) is 18.0. The number of carbonyl (C=O) groups excluding carboxylic acids is 1. The molecule has 3 rings (SSSR count). The maximum atomic E-state index is 14.4. The normalized spacial score (nSPS) is 11.3. The Hall–Kier alpha value is -2.97. The largest absolute Gasteiger partial charge is 0.298 e. The molecule has 6 nitrogen and oxygen atoms in total. The third-order valence-electron chi connectivity index (χ3n) is 3.56. The van der Waals surface area contributed by atoms with Crippen LogP contribution in [-0.4, -0.2) is 24.7 Å². The summed E-state index contributed by atoms with van der Waals surface area (Å²) in [6, 6.07) is 8.39. The summed E-state index contributed by atoms with van der Waals surface area (Å²) in [4.78, 5) is 18.4. The number of hydrogen-bond donors (Lipinski definition) is 1. The molecule has 2 heterocycles. The molecule has 0 saturated heterocycles. The predicted octanol–water partition coefficient (Wildman–Crippen LogP) is 2.41. The minimum absolute atomic E-state index is 0.0643. The number of nitrogens with zero attached hydrogens (tertiary/aromatic N) is 2. The second kappa shape index (κ2) is 6.50. The third kappa shape index (κ3) is 3.30. The van der Waals surface area contributed by atoms with Crippen LogP contribution < -0.4 is 5.14 Å². The van der Waals surface area contributed by atoms with Crippen molar-refractivity contribution in [1.29, 1.82) is 0 Å². The number of carbonyl (C=O) groups is 1. The van der Waals surface area contributed by atoms with E-state index in [0.717, 1.165) is 6.07 Å². The number of hydrogen-bond acceptors (Lipinski definition) is 5. The smallest absolute Gasteiger partial charge is 0.240 e. The van der Waals surface area contributed by atoms with Crippen molar-refractivity contribution in [2.24, 2.45) is 5.14 Å². The summed E-state index contributed by atoms with van der Waals surface area (Å²) in [7, 11) is -4.21. The fraction of sp³-hybridized carbons (Fsp3) is 0. The standard InChI is InChI=1S/C17H12FN3O3S/c18-15-9-11(10-22)1-2-14(15)16-17(25(19,23)24)13(5-8-21-16)12-3-6-20-7-4-12/h1-10H,(H2,19,23,24). The topological polar surface area (TPSA) is 103 Å². The van der Waals surface area contributed by atoms with E-state index in [2.05, 4.69) is 9.97 Å². The molecule has 0 radical (unpaired) electrons. The first-order chi connectivity index (χ1) is 11.9. The van der Waals surface area contributed by atoms with Crippen LogP contribution in [0.4, 0.5) is 4.39 Å². The molecule has 0 atom stereocenters. The van der Waals surface area contributed by atoms with E-state index < -0.39 is 15.8 Å². The Morgan fingerprint density at radius 2 is 1.72 bits per heavy atom. The lowest BCUT2D eigenvalue weighted by molar-refractivity contribution is 0.112. The van der Waals surface area contributed by atoms with Crippen LogP contribution in [0.25, 0.3) is 22.4 Å². The number of halogens is 1. The highest BCUT2D eigenvalue weighted by atomic mass is 32.2. The van der Waals surface area contributed by atoms with Crippen molar-refractivity contribution in [3.05, 3.63) is 66.4 Å². The number of nitrogens with two attached hydrogens (primary N) is 1. The van der Waals surface area contributed by atoms with Gasteiger partial charge in [0, 0.05) is 35.3 Å². The van der Waals surface area contributed by atoms with Crippen LogP contribution >= 0.6 is 0 Å². The average Bonchev–Trinajstić information content (AvgIpc) is 2.61. The van der Waals surface area contributed by atoms with Crippen molar-refractivity contribution in [3.63, 3.8) is 0 Å². The van der Waals surface area contributed by atoms with Gasteiger partial charge in [0.05, 0.1) is 5.69 Å². The van der Waals surface area contributed by atoms with Crippen LogP contribution in [0.3, 0.4) is 0 Å². The zero-order valence-electron chi connectivity index (χ0n) is 12.8. The van der Waals surface area contributed by atoms with Crippen molar-refractivity contribution in [2.75, 3.05) is 0 Å². The van der Waals surface area contributed by atoms with E-state index >= 15 is 0 Å². The van der Waals surface area contributed by atoms with Gasteiger partial charge in [-0.2, -0.15) is 0 Å². The third-order valence-corrected chi connectivity index (χ3v) is 4.55. The average molecular weight is 357 g/mol. The van der Waals surface area contributed by atoms with Gasteiger partial charge in [-0.25, -0.2) is 17.9 Å². The molecule has 1 aromatic carbocycles. The molecule has 2 N–H and O–H groups in total. The first-order valence-corrected chi connectivity index (χ1v) is 8.64. The predicted molar refractivity (Wildman–Crippen MR) is 89.6 cm³/mol. The van der Waals surface area contributed by atoms with E-state index in [9.17, 15) is 17.6 Å². The molecule has 8 heteroatoms. The number of rotatable bonds is 4. The van der Waals surface area contributed by atoms with E-state index in [4.69, 9.17) is 5.14 Å². The van der Waals surface area contributed by atoms with E-state index in [1.807, 2.05) is 0 Å². The van der Waals surface area contributed by atoms with Crippen molar-refractivity contribution in [3.8, 4) is 22.4 Å². The summed E-state index contributed by atoms with van der Waals surface area (Å²) in [5.41, 5.74) is 0.780. The Bertz CT molecular complexity index is 1050. The van der Waals surface area contributed by atoms with Crippen molar-refractivity contribution >= 4 is 16.3 Å². The minimum atomic E-state index is -4.21. The number of primary sulfonamides is 1. The zero-order valence-corrected chi connectivity index (χ0v) is 13.6. The first-order valence-electron chi connectivity index (χ1n) is 7.09. The van der Waals surface area contributed by atoms with Crippen molar-refractivity contribution in [2.45, 2.75) is 4.90 Å². The number of sulfonamides is 1. The van der Waals surface area contributed by atoms with Gasteiger partial charge in [-0.1, -0.05) is 6.07 Å². The summed E-state index contributed by atoms with van der Waals surface area (Å²) in [5, 5.41) is 5.38. The van der Waals surface area contributed by atoms with Crippen molar-refractivity contribution in [1.82, 2.24) is 9.97 Å². The molecule has 0 fully saturated rings. The monoisotopic (exact) mass is 357 g/mol. The molecule has 0 unspecified atom stereocenters. The van der Waals surface area contributed by atoms with Gasteiger partial charge in [0.1, 0.15) is 17.0 Å². The first kappa shape index (κ1) is 16.9. The maximum Gasteiger partial charge on any atom is 0.240 e. The Morgan fingerprint density at radius 3 is 2.32 bits per heavy atom. The van der Waals surface area contributed by atoms with E-state index in [-0.39, 0.29) is 27.3 Å². The van der Waals surface area contributed by atoms with E-state index in [0.29, 0.717) is 11.8 Å². The lowest BCUT2D eigenvalue weighted by Crippen LogP contribution is -2.16. The van der Waals surface area contributed by atoms with Gasteiger partial charge < -0.3 is 0 Å². The molecule has 0 aliphatic heterocycles. The Kier molecular flexibility index (Phi) is 4.39. The van der Waals surface area contributed by atoms with Gasteiger partial charge in [-0.05, 0) is 35.9 Å². The second-order valence-corrected chi connectivity index (χ2v) is 6.67. The van der Waals surface area contributed by atoms with Crippen LogP contribution in [0.2, 0.25) is 0 Å². The van der Waals surface area contributed by atoms with E-state index in [1.165, 1.54) is 36.8 Å². The van der Waals surface area contributed by atoms with Gasteiger partial charge in [-0.15, -0.1) is 0 Å². The molecule has 126 valence electrons. The SMILES string of the molecule is NS(=O)(=O)c1c(-c2ccncc2)ccnc1-c1ccc(C=O)cc1F. The molecule has 0 aliphatic carbocycles. The molecule has 0 bridgehead atoms. The van der Waals surface area contributed by atoms with E-state index in [1.54, 1.807) is 12.1 Å². The summed E-state index contributed by atoms with van der Waals surface area (Å²) < 4.78 is 38.8.